The van der Waals surface area contributed by atoms with Gasteiger partial charge in [-0.25, -0.2) is 23.7 Å². The Bertz CT molecular complexity index is 1540. The van der Waals surface area contributed by atoms with Crippen LogP contribution in [0.25, 0.3) is 27.6 Å². The summed E-state index contributed by atoms with van der Waals surface area (Å²) in [5.41, 5.74) is 1.32. The number of pyridine rings is 1. The van der Waals surface area contributed by atoms with Crippen molar-refractivity contribution >= 4 is 27.8 Å². The number of fused-ring (bicyclic) bond motifs is 2. The molecular weight excluding hydrogens is 450 g/mol. The van der Waals surface area contributed by atoms with Crippen molar-refractivity contribution in [2.24, 2.45) is 0 Å². The first-order valence-corrected chi connectivity index (χ1v) is 11.5. The van der Waals surface area contributed by atoms with Crippen molar-refractivity contribution in [2.75, 3.05) is 5.32 Å². The number of nitrogens with zero attached hydrogens (tertiary/aromatic N) is 4. The summed E-state index contributed by atoms with van der Waals surface area (Å²) in [6.45, 7) is 7.72. The number of halogens is 2. The minimum absolute atomic E-state index is 0.405. The zero-order valence-electron chi connectivity index (χ0n) is 19.9. The molecule has 3 aromatic heterocycles. The number of hydrogen-bond donors (Lipinski definition) is 2. The highest BCUT2D eigenvalue weighted by atomic mass is 19.1. The second kappa shape index (κ2) is 10.0. The average Bonchev–Trinajstić information content (AvgIpc) is 3.34. The van der Waals surface area contributed by atoms with Crippen LogP contribution in [-0.2, 0) is 0 Å². The molecule has 35 heavy (non-hydrogen) atoms. The number of para-hydroxylation sites is 1. The largest absolute Gasteiger partial charge is 0.360 e. The summed E-state index contributed by atoms with van der Waals surface area (Å²) < 4.78 is 30.9. The van der Waals surface area contributed by atoms with Crippen LogP contribution < -0.4 is 10.9 Å². The summed E-state index contributed by atoms with van der Waals surface area (Å²) in [7, 11) is 0. The molecule has 1 atom stereocenters. The van der Waals surface area contributed by atoms with Gasteiger partial charge in [-0.15, -0.1) is 0 Å². The molecule has 1 unspecified atom stereocenters. The number of imidazole rings is 1. The van der Waals surface area contributed by atoms with Gasteiger partial charge in [-0.2, -0.15) is 0 Å². The third kappa shape index (κ3) is 4.25. The summed E-state index contributed by atoms with van der Waals surface area (Å²) in [6.07, 6.45) is 3.40. The van der Waals surface area contributed by atoms with Gasteiger partial charge in [0.2, 0.25) is 0 Å². The molecule has 0 fully saturated rings. The highest BCUT2D eigenvalue weighted by molar-refractivity contribution is 5.86. The van der Waals surface area contributed by atoms with E-state index in [1.807, 2.05) is 32.9 Å². The van der Waals surface area contributed by atoms with Gasteiger partial charge in [-0.3, -0.25) is 9.36 Å². The molecule has 0 saturated carbocycles. The number of aromatic amines is 1. The maximum atomic E-state index is 14.9. The Morgan fingerprint density at radius 3 is 2.49 bits per heavy atom. The lowest BCUT2D eigenvalue weighted by Crippen LogP contribution is -2.28. The van der Waals surface area contributed by atoms with Gasteiger partial charge < -0.3 is 10.3 Å². The highest BCUT2D eigenvalue weighted by Gasteiger charge is 2.24. The van der Waals surface area contributed by atoms with E-state index < -0.39 is 28.9 Å². The number of nitrogens with one attached hydrogen (secondary N) is 2. The number of anilines is 1. The van der Waals surface area contributed by atoms with E-state index in [1.54, 1.807) is 19.1 Å². The molecule has 0 aliphatic rings. The Morgan fingerprint density at radius 1 is 1.06 bits per heavy atom. The molecule has 9 heteroatoms. The molecule has 2 N–H and O–H groups in total. The van der Waals surface area contributed by atoms with Crippen molar-refractivity contribution in [1.82, 2.24) is 24.5 Å². The second-order valence-electron chi connectivity index (χ2n) is 7.75. The molecule has 0 radical (unpaired) electrons. The van der Waals surface area contributed by atoms with Crippen molar-refractivity contribution in [2.45, 2.75) is 40.2 Å². The fraction of sp³-hybridized carbons (Fsp3) is 0.231. The number of aryl methyl sites for hydroxylation is 1. The van der Waals surface area contributed by atoms with Gasteiger partial charge in [0.25, 0.3) is 5.56 Å². The van der Waals surface area contributed by atoms with Gasteiger partial charge in [0.15, 0.2) is 11.5 Å². The van der Waals surface area contributed by atoms with E-state index in [0.717, 1.165) is 22.3 Å². The number of aromatic nitrogens is 5. The van der Waals surface area contributed by atoms with Crippen LogP contribution in [0.2, 0.25) is 0 Å². The van der Waals surface area contributed by atoms with E-state index in [2.05, 4.69) is 25.3 Å². The molecule has 0 bridgehead atoms. The molecule has 5 rings (SSSR count). The lowest BCUT2D eigenvalue weighted by Gasteiger charge is -2.24. The van der Waals surface area contributed by atoms with Crippen LogP contribution in [0.3, 0.4) is 0 Å². The minimum Gasteiger partial charge on any atom is -0.360 e. The monoisotopic (exact) mass is 476 g/mol. The summed E-state index contributed by atoms with van der Waals surface area (Å²) in [4.78, 5) is 29.2. The lowest BCUT2D eigenvalue weighted by molar-refractivity contribution is 0.558. The van der Waals surface area contributed by atoms with Gasteiger partial charge in [0, 0.05) is 5.69 Å². The first-order valence-electron chi connectivity index (χ1n) is 11.5. The SMILES string of the molecule is CC.CCC(Nc1ncnc2nc[nH]c12)c1cc2cccc(C)c2c(=O)n1-c1c(F)cccc1F. The Morgan fingerprint density at radius 2 is 1.77 bits per heavy atom. The standard InChI is InChI=1S/C24H20F2N6O.C2H6/c1-3-17(31-23-20-22(28-11-27-20)29-12-30-23)18-10-14-7-4-6-13(2)19(14)24(33)32(18)21-15(25)8-5-9-16(21)26;1-2/h4-12,17H,3H2,1-2H3,(H2,27,28,29,30,31);1-2H3. The van der Waals surface area contributed by atoms with Gasteiger partial charge in [-0.05, 0) is 42.5 Å². The van der Waals surface area contributed by atoms with Crippen LogP contribution in [0.1, 0.15) is 44.5 Å². The molecule has 5 aromatic rings. The maximum Gasteiger partial charge on any atom is 0.263 e. The van der Waals surface area contributed by atoms with E-state index in [4.69, 9.17) is 0 Å². The van der Waals surface area contributed by atoms with Crippen LogP contribution in [0.4, 0.5) is 14.6 Å². The Hall–Kier alpha value is -4.14. The van der Waals surface area contributed by atoms with Crippen LogP contribution in [-0.4, -0.2) is 24.5 Å². The highest BCUT2D eigenvalue weighted by Crippen LogP contribution is 2.30. The van der Waals surface area contributed by atoms with Crippen molar-refractivity contribution < 1.29 is 8.78 Å². The predicted molar refractivity (Wildman–Crippen MR) is 134 cm³/mol. The smallest absolute Gasteiger partial charge is 0.263 e. The quantitative estimate of drug-likeness (QED) is 0.333. The number of benzene rings is 2. The molecule has 180 valence electrons. The zero-order chi connectivity index (χ0) is 25.1. The summed E-state index contributed by atoms with van der Waals surface area (Å²) >= 11 is 0. The predicted octanol–water partition coefficient (Wildman–Crippen LogP) is 5.83. The van der Waals surface area contributed by atoms with E-state index >= 15 is 0 Å². The van der Waals surface area contributed by atoms with Crippen molar-refractivity contribution in [3.8, 4) is 5.69 Å². The van der Waals surface area contributed by atoms with Crippen LogP contribution in [0.5, 0.6) is 0 Å². The van der Waals surface area contributed by atoms with Gasteiger partial charge in [-0.1, -0.05) is 45.0 Å². The lowest BCUT2D eigenvalue weighted by atomic mass is 10.0. The van der Waals surface area contributed by atoms with Gasteiger partial charge >= 0.3 is 0 Å². The molecule has 0 spiro atoms. The molecule has 0 amide bonds. The molecule has 0 aliphatic heterocycles. The van der Waals surface area contributed by atoms with E-state index in [9.17, 15) is 13.6 Å². The molecule has 7 nitrogen and oxygen atoms in total. The zero-order valence-corrected chi connectivity index (χ0v) is 19.9. The third-order valence-corrected chi connectivity index (χ3v) is 5.74. The van der Waals surface area contributed by atoms with Crippen LogP contribution >= 0.6 is 0 Å². The average molecular weight is 477 g/mol. The summed E-state index contributed by atoms with van der Waals surface area (Å²) in [6, 6.07) is 10.3. The summed E-state index contributed by atoms with van der Waals surface area (Å²) in [5.74, 6) is -1.17. The Balaban J connectivity index is 0.00000141. The van der Waals surface area contributed by atoms with E-state index in [0.29, 0.717) is 39.9 Å². The van der Waals surface area contributed by atoms with Crippen molar-refractivity contribution in [1.29, 1.82) is 0 Å². The molecule has 3 heterocycles. The van der Waals surface area contributed by atoms with Crippen molar-refractivity contribution in [3.63, 3.8) is 0 Å². The van der Waals surface area contributed by atoms with Crippen LogP contribution in [0.15, 0.2) is 59.9 Å². The third-order valence-electron chi connectivity index (χ3n) is 5.74. The first kappa shape index (κ1) is 24.0. The second-order valence-corrected chi connectivity index (χ2v) is 7.75. The Kier molecular flexibility index (Phi) is 6.86. The van der Waals surface area contributed by atoms with Crippen molar-refractivity contribution in [3.05, 3.63) is 88.4 Å². The Labute approximate surface area is 200 Å². The molecular formula is C26H26F2N6O. The number of rotatable bonds is 5. The minimum atomic E-state index is -0.820. The normalized spacial score (nSPS) is 11.8. The fourth-order valence-electron chi connectivity index (χ4n) is 4.17. The number of hydrogen-bond acceptors (Lipinski definition) is 5. The fourth-order valence-corrected chi connectivity index (χ4v) is 4.17. The molecule has 2 aromatic carbocycles. The van der Waals surface area contributed by atoms with E-state index in [1.165, 1.54) is 18.7 Å². The first-order chi connectivity index (χ1) is 17.0. The van der Waals surface area contributed by atoms with E-state index in [-0.39, 0.29) is 0 Å². The van der Waals surface area contributed by atoms with Gasteiger partial charge in [0.05, 0.1) is 17.8 Å². The van der Waals surface area contributed by atoms with Gasteiger partial charge in [0.1, 0.15) is 29.2 Å². The molecule has 0 saturated heterocycles. The maximum absolute atomic E-state index is 14.9. The number of H-pyrrole nitrogens is 1. The summed E-state index contributed by atoms with van der Waals surface area (Å²) in [5, 5.41) is 4.41. The topological polar surface area (TPSA) is 88.5 Å². The van der Waals surface area contributed by atoms with Crippen LogP contribution in [0, 0.1) is 18.6 Å². The molecule has 0 aliphatic carbocycles.